The third-order valence-corrected chi connectivity index (χ3v) is 8.05. The Labute approximate surface area is 188 Å². The molecule has 0 spiro atoms. The maximum Gasteiger partial charge on any atom is 0.223 e. The average molecular weight is 449 g/mol. The van der Waals surface area contributed by atoms with Gasteiger partial charge >= 0.3 is 0 Å². The van der Waals surface area contributed by atoms with Gasteiger partial charge in [-0.25, -0.2) is 9.97 Å². The summed E-state index contributed by atoms with van der Waals surface area (Å²) in [5, 5.41) is 1.28. The summed E-state index contributed by atoms with van der Waals surface area (Å²) in [7, 11) is 0. The van der Waals surface area contributed by atoms with Crippen molar-refractivity contribution < 1.29 is 4.79 Å². The molecule has 1 atom stereocenters. The van der Waals surface area contributed by atoms with E-state index >= 15 is 0 Å². The first-order valence-electron chi connectivity index (χ1n) is 11.2. The van der Waals surface area contributed by atoms with Gasteiger partial charge in [0.25, 0.3) is 0 Å². The van der Waals surface area contributed by atoms with Gasteiger partial charge in [0.05, 0.1) is 5.39 Å². The molecule has 1 aliphatic heterocycles. The van der Waals surface area contributed by atoms with E-state index in [0.29, 0.717) is 17.7 Å². The van der Waals surface area contributed by atoms with Gasteiger partial charge in [-0.2, -0.15) is 0 Å². The van der Waals surface area contributed by atoms with E-state index in [1.807, 2.05) is 16.2 Å². The lowest BCUT2D eigenvalue weighted by molar-refractivity contribution is -0.131. The van der Waals surface area contributed by atoms with E-state index in [0.717, 1.165) is 67.8 Å². The third-order valence-electron chi connectivity index (χ3n) is 6.72. The lowest BCUT2D eigenvalue weighted by atomic mass is 9.72. The highest BCUT2D eigenvalue weighted by Crippen LogP contribution is 2.45. The van der Waals surface area contributed by atoms with E-state index in [1.54, 1.807) is 0 Å². The van der Waals surface area contributed by atoms with Crippen LogP contribution >= 0.6 is 22.9 Å². The molecule has 164 valence electrons. The molecule has 1 saturated heterocycles. The summed E-state index contributed by atoms with van der Waals surface area (Å²) in [6.45, 7) is 12.3. The largest absolute Gasteiger partial charge is 0.352 e. The molecule has 1 fully saturated rings. The van der Waals surface area contributed by atoms with E-state index in [4.69, 9.17) is 21.6 Å². The zero-order chi connectivity index (χ0) is 21.5. The molecule has 0 unspecified atom stereocenters. The summed E-state index contributed by atoms with van der Waals surface area (Å²) in [5.41, 5.74) is 1.82. The van der Waals surface area contributed by atoms with Gasteiger partial charge in [0.2, 0.25) is 5.91 Å². The number of anilines is 1. The number of nitrogens with zero attached hydrogens (tertiary/aromatic N) is 4. The van der Waals surface area contributed by atoms with Crippen molar-refractivity contribution in [3.8, 4) is 0 Å². The van der Waals surface area contributed by atoms with Crippen LogP contribution in [0.15, 0.2) is 0 Å². The quantitative estimate of drug-likeness (QED) is 0.637. The Bertz CT molecular complexity index is 927. The zero-order valence-electron chi connectivity index (χ0n) is 18.6. The van der Waals surface area contributed by atoms with Crippen molar-refractivity contribution in [1.82, 2.24) is 14.9 Å². The van der Waals surface area contributed by atoms with Crippen molar-refractivity contribution in [1.29, 1.82) is 0 Å². The fourth-order valence-electron chi connectivity index (χ4n) is 4.73. The van der Waals surface area contributed by atoms with Crippen LogP contribution in [0.25, 0.3) is 10.2 Å². The molecule has 3 heterocycles. The lowest BCUT2D eigenvalue weighted by Crippen LogP contribution is -2.49. The van der Waals surface area contributed by atoms with E-state index < -0.39 is 0 Å². The fraction of sp³-hybridized carbons (Fsp3) is 0.696. The Balaban J connectivity index is 1.65. The predicted molar refractivity (Wildman–Crippen MR) is 126 cm³/mol. The van der Waals surface area contributed by atoms with Crippen LogP contribution in [0.1, 0.15) is 56.8 Å². The van der Waals surface area contributed by atoms with E-state index in [9.17, 15) is 4.79 Å². The van der Waals surface area contributed by atoms with Crippen molar-refractivity contribution >= 4 is 44.9 Å². The molecule has 5 nitrogen and oxygen atoms in total. The summed E-state index contributed by atoms with van der Waals surface area (Å²) < 4.78 is 0. The highest BCUT2D eigenvalue weighted by molar-refractivity contribution is 7.19. The molecule has 1 amide bonds. The van der Waals surface area contributed by atoms with Crippen LogP contribution in [0.2, 0.25) is 0 Å². The number of alkyl halides is 1. The second-order valence-corrected chi connectivity index (χ2v) is 11.1. The fourth-order valence-corrected chi connectivity index (χ4v) is 6.21. The van der Waals surface area contributed by atoms with Crippen LogP contribution in [0.3, 0.4) is 0 Å². The number of hydrogen-bond donors (Lipinski definition) is 0. The van der Waals surface area contributed by atoms with Gasteiger partial charge in [-0.15, -0.1) is 22.9 Å². The standard InChI is InChI=1S/C23H33ClN4OS/c1-5-18-25-21(28-12-10-27(11-13-28)19(29)8-9-24)20-16-7-6-15(23(2,3)4)14-17(16)30-22(20)26-18/h15H,5-14H2,1-4H3/t15-/m0/s1. The van der Waals surface area contributed by atoms with Gasteiger partial charge in [0.15, 0.2) is 0 Å². The number of carbonyl (C=O) groups is 1. The number of aromatic nitrogens is 2. The third kappa shape index (κ3) is 4.18. The van der Waals surface area contributed by atoms with Crippen LogP contribution in [-0.2, 0) is 24.1 Å². The lowest BCUT2D eigenvalue weighted by Gasteiger charge is -2.36. The number of hydrogen-bond acceptors (Lipinski definition) is 5. The first kappa shape index (κ1) is 21.8. The minimum Gasteiger partial charge on any atom is -0.352 e. The van der Waals surface area contributed by atoms with Crippen LogP contribution in [0.4, 0.5) is 5.82 Å². The van der Waals surface area contributed by atoms with E-state index in [1.165, 1.54) is 22.2 Å². The normalized spacial score (nSPS) is 20.0. The van der Waals surface area contributed by atoms with Gasteiger partial charge in [0, 0.05) is 49.8 Å². The van der Waals surface area contributed by atoms with Crippen molar-refractivity contribution in [2.24, 2.45) is 11.3 Å². The number of halogens is 1. The topological polar surface area (TPSA) is 49.3 Å². The minimum absolute atomic E-state index is 0.160. The summed E-state index contributed by atoms with van der Waals surface area (Å²) >= 11 is 7.64. The Kier molecular flexibility index (Phi) is 6.27. The molecule has 0 saturated carbocycles. The number of thiophene rings is 1. The maximum atomic E-state index is 12.2. The Morgan fingerprint density at radius 2 is 1.93 bits per heavy atom. The molecule has 0 N–H and O–H groups in total. The van der Waals surface area contributed by atoms with Crippen LogP contribution in [0.5, 0.6) is 0 Å². The van der Waals surface area contributed by atoms with E-state index in [-0.39, 0.29) is 5.91 Å². The van der Waals surface area contributed by atoms with Crippen LogP contribution in [0, 0.1) is 11.3 Å². The van der Waals surface area contributed by atoms with Gasteiger partial charge in [-0.3, -0.25) is 4.79 Å². The Morgan fingerprint density at radius 1 is 1.20 bits per heavy atom. The Hall–Kier alpha value is -1.40. The molecule has 2 aromatic heterocycles. The average Bonchev–Trinajstić information content (AvgIpc) is 3.10. The van der Waals surface area contributed by atoms with Crippen LogP contribution < -0.4 is 4.90 Å². The predicted octanol–water partition coefficient (Wildman–Crippen LogP) is 4.68. The molecular formula is C23H33ClN4OS. The van der Waals surface area contributed by atoms with Gasteiger partial charge in [-0.1, -0.05) is 27.7 Å². The molecule has 0 aromatic carbocycles. The molecular weight excluding hydrogens is 416 g/mol. The molecule has 4 rings (SSSR count). The monoisotopic (exact) mass is 448 g/mol. The van der Waals surface area contributed by atoms with Crippen molar-refractivity contribution in [2.45, 2.75) is 59.8 Å². The van der Waals surface area contributed by atoms with E-state index in [2.05, 4.69) is 32.6 Å². The van der Waals surface area contributed by atoms with Crippen molar-refractivity contribution in [3.63, 3.8) is 0 Å². The van der Waals surface area contributed by atoms with Crippen LogP contribution in [-0.4, -0.2) is 52.8 Å². The summed E-state index contributed by atoms with van der Waals surface area (Å²) in [4.78, 5) is 29.1. The second kappa shape index (κ2) is 8.62. The highest BCUT2D eigenvalue weighted by atomic mass is 35.5. The zero-order valence-corrected chi connectivity index (χ0v) is 20.2. The molecule has 7 heteroatoms. The van der Waals surface area contributed by atoms with Crippen molar-refractivity contribution in [2.75, 3.05) is 37.0 Å². The van der Waals surface area contributed by atoms with Crippen molar-refractivity contribution in [3.05, 3.63) is 16.3 Å². The summed E-state index contributed by atoms with van der Waals surface area (Å²) in [6, 6.07) is 0. The summed E-state index contributed by atoms with van der Waals surface area (Å²) in [5.74, 6) is 3.28. The molecule has 0 bridgehead atoms. The van der Waals surface area contributed by atoms with Gasteiger partial charge in [0.1, 0.15) is 16.5 Å². The molecule has 0 radical (unpaired) electrons. The SMILES string of the molecule is CCc1nc(N2CCN(C(=O)CCCl)CC2)c2c3c(sc2n1)C[C@@H](C(C)(C)C)CC3. The number of carbonyl (C=O) groups excluding carboxylic acids is 1. The molecule has 1 aliphatic carbocycles. The number of aryl methyl sites for hydroxylation is 2. The summed E-state index contributed by atoms with van der Waals surface area (Å²) in [6.07, 6.45) is 4.77. The first-order valence-corrected chi connectivity index (χ1v) is 12.6. The first-order chi connectivity index (χ1) is 14.3. The molecule has 30 heavy (non-hydrogen) atoms. The number of fused-ring (bicyclic) bond motifs is 3. The minimum atomic E-state index is 0.160. The maximum absolute atomic E-state index is 12.2. The highest BCUT2D eigenvalue weighted by Gasteiger charge is 2.33. The number of amides is 1. The van der Waals surface area contributed by atoms with Gasteiger partial charge < -0.3 is 9.80 Å². The second-order valence-electron chi connectivity index (χ2n) is 9.61. The number of piperazine rings is 1. The smallest absolute Gasteiger partial charge is 0.223 e. The molecule has 2 aliphatic rings. The molecule has 2 aromatic rings. The number of rotatable bonds is 4. The Morgan fingerprint density at radius 3 is 2.57 bits per heavy atom. The van der Waals surface area contributed by atoms with Gasteiger partial charge in [-0.05, 0) is 36.2 Å².